The Bertz CT molecular complexity index is 907. The van der Waals surface area contributed by atoms with Gasteiger partial charge in [0.05, 0.1) is 5.39 Å². The van der Waals surface area contributed by atoms with E-state index in [0.29, 0.717) is 5.15 Å². The number of aromatic hydroxyl groups is 1. The smallest absolute Gasteiger partial charge is 0.145 e. The zero-order valence-corrected chi connectivity index (χ0v) is 15.4. The van der Waals surface area contributed by atoms with Gasteiger partial charge >= 0.3 is 0 Å². The molecule has 0 aliphatic carbocycles. The molecule has 0 atom stereocenters. The number of nitrogens with zero attached hydrogens (tertiary/aromatic N) is 3. The monoisotopic (exact) mass is 343 g/mol. The molecule has 0 aliphatic heterocycles. The number of hydrogen-bond donors (Lipinski definition) is 1. The minimum absolute atomic E-state index is 0.0653. The van der Waals surface area contributed by atoms with Crippen molar-refractivity contribution >= 4 is 22.6 Å². The molecule has 3 rings (SSSR count). The Balaban J connectivity index is 2.33. The topological polar surface area (TPSA) is 50.9 Å². The molecule has 3 aromatic rings. The third-order valence-corrected chi connectivity index (χ3v) is 4.50. The van der Waals surface area contributed by atoms with E-state index in [-0.39, 0.29) is 17.2 Å². The van der Waals surface area contributed by atoms with Gasteiger partial charge in [-0.1, -0.05) is 38.4 Å². The van der Waals surface area contributed by atoms with Gasteiger partial charge in [-0.05, 0) is 42.5 Å². The second-order valence-electron chi connectivity index (χ2n) is 7.43. The predicted octanol–water partition coefficient (Wildman–Crippen LogP) is 5.34. The molecule has 24 heavy (non-hydrogen) atoms. The summed E-state index contributed by atoms with van der Waals surface area (Å²) in [5, 5.41) is 11.4. The molecule has 1 aromatic carbocycles. The van der Waals surface area contributed by atoms with Crippen molar-refractivity contribution in [1.29, 1.82) is 0 Å². The van der Waals surface area contributed by atoms with E-state index in [1.54, 1.807) is 6.07 Å². The van der Waals surface area contributed by atoms with Crippen molar-refractivity contribution in [3.05, 3.63) is 41.4 Å². The summed E-state index contributed by atoms with van der Waals surface area (Å²) >= 11 is 6.37. The third kappa shape index (κ3) is 2.86. The summed E-state index contributed by atoms with van der Waals surface area (Å²) in [6, 6.07) is 5.91. The lowest BCUT2D eigenvalue weighted by Gasteiger charge is -2.20. The maximum Gasteiger partial charge on any atom is 0.145 e. The number of benzene rings is 1. The van der Waals surface area contributed by atoms with Gasteiger partial charge in [-0.2, -0.15) is 0 Å². The van der Waals surface area contributed by atoms with Crippen LogP contribution >= 0.6 is 11.6 Å². The van der Waals surface area contributed by atoms with Gasteiger partial charge in [0, 0.05) is 17.8 Å². The number of aromatic nitrogens is 3. The van der Waals surface area contributed by atoms with Gasteiger partial charge in [0.2, 0.25) is 0 Å². The minimum Gasteiger partial charge on any atom is -0.508 e. The standard InChI is InChI=1S/C19H22ClN3O/c1-11(2)23-9-15(16-17(20)21-10-22-18(16)23)12-6-13(19(3,4)5)8-14(24)7-12/h6-11,24H,1-5H3. The van der Waals surface area contributed by atoms with Crippen LogP contribution in [0.1, 0.15) is 46.2 Å². The second-order valence-corrected chi connectivity index (χ2v) is 7.78. The van der Waals surface area contributed by atoms with Crippen molar-refractivity contribution < 1.29 is 5.11 Å². The van der Waals surface area contributed by atoms with Crippen LogP contribution in [0, 0.1) is 0 Å². The van der Waals surface area contributed by atoms with Gasteiger partial charge in [0.1, 0.15) is 22.9 Å². The molecule has 4 nitrogen and oxygen atoms in total. The number of phenolic OH excluding ortho intramolecular Hbond substituents is 1. The molecule has 0 unspecified atom stereocenters. The van der Waals surface area contributed by atoms with Gasteiger partial charge in [-0.25, -0.2) is 9.97 Å². The summed E-state index contributed by atoms with van der Waals surface area (Å²) in [5.74, 6) is 0.246. The molecular weight excluding hydrogens is 322 g/mol. The molecule has 0 aliphatic rings. The predicted molar refractivity (Wildman–Crippen MR) is 98.7 cm³/mol. The fourth-order valence-corrected chi connectivity index (χ4v) is 3.09. The van der Waals surface area contributed by atoms with Gasteiger partial charge < -0.3 is 9.67 Å². The largest absolute Gasteiger partial charge is 0.508 e. The van der Waals surface area contributed by atoms with Crippen LogP contribution in [0.3, 0.4) is 0 Å². The van der Waals surface area contributed by atoms with E-state index >= 15 is 0 Å². The molecule has 126 valence electrons. The van der Waals surface area contributed by atoms with Crippen molar-refractivity contribution in [1.82, 2.24) is 14.5 Å². The molecule has 0 bridgehead atoms. The molecule has 0 saturated heterocycles. The molecule has 2 aromatic heterocycles. The SMILES string of the molecule is CC(C)n1cc(-c2cc(O)cc(C(C)(C)C)c2)c2c(Cl)ncnc21. The van der Waals surface area contributed by atoms with E-state index in [1.165, 1.54) is 6.33 Å². The Hall–Kier alpha value is -2.07. The van der Waals surface area contributed by atoms with Crippen molar-refractivity contribution in [2.45, 2.75) is 46.1 Å². The Morgan fingerprint density at radius 2 is 1.83 bits per heavy atom. The van der Waals surface area contributed by atoms with Crippen LogP contribution in [0.15, 0.2) is 30.7 Å². The molecule has 0 saturated carbocycles. The summed E-state index contributed by atoms with van der Waals surface area (Å²) in [5.41, 5.74) is 3.66. The Labute approximate surface area is 147 Å². The lowest BCUT2D eigenvalue weighted by atomic mass is 9.85. The van der Waals surface area contributed by atoms with E-state index in [2.05, 4.69) is 55.2 Å². The summed E-state index contributed by atoms with van der Waals surface area (Å²) in [4.78, 5) is 8.55. The highest BCUT2D eigenvalue weighted by molar-refractivity contribution is 6.35. The van der Waals surface area contributed by atoms with Crippen LogP contribution < -0.4 is 0 Å². The number of halogens is 1. The average Bonchev–Trinajstić information content (AvgIpc) is 2.87. The maximum absolute atomic E-state index is 10.2. The zero-order chi connectivity index (χ0) is 17.6. The van der Waals surface area contributed by atoms with Crippen molar-refractivity contribution in [3.8, 4) is 16.9 Å². The lowest BCUT2D eigenvalue weighted by Crippen LogP contribution is -2.10. The number of rotatable bonds is 2. The first-order valence-electron chi connectivity index (χ1n) is 8.04. The number of phenols is 1. The second kappa shape index (κ2) is 5.78. The molecule has 1 N–H and O–H groups in total. The van der Waals surface area contributed by atoms with E-state index in [9.17, 15) is 5.11 Å². The average molecular weight is 344 g/mol. The van der Waals surface area contributed by atoms with Gasteiger partial charge in [0.15, 0.2) is 0 Å². The van der Waals surface area contributed by atoms with Crippen LogP contribution in [-0.2, 0) is 5.41 Å². The summed E-state index contributed by atoms with van der Waals surface area (Å²) in [7, 11) is 0. The van der Waals surface area contributed by atoms with E-state index in [1.807, 2.05) is 12.3 Å². The van der Waals surface area contributed by atoms with Gasteiger partial charge in [-0.3, -0.25) is 0 Å². The van der Waals surface area contributed by atoms with Gasteiger partial charge in [0.25, 0.3) is 0 Å². The van der Waals surface area contributed by atoms with Crippen molar-refractivity contribution in [2.75, 3.05) is 0 Å². The maximum atomic E-state index is 10.2. The quantitative estimate of drug-likeness (QED) is 0.639. The van der Waals surface area contributed by atoms with Crippen LogP contribution in [0.25, 0.3) is 22.2 Å². The summed E-state index contributed by atoms with van der Waals surface area (Å²) < 4.78 is 2.08. The lowest BCUT2D eigenvalue weighted by molar-refractivity contribution is 0.471. The highest BCUT2D eigenvalue weighted by atomic mass is 35.5. The third-order valence-electron chi connectivity index (χ3n) is 4.21. The molecule has 0 radical (unpaired) electrons. The summed E-state index contributed by atoms with van der Waals surface area (Å²) in [6.07, 6.45) is 3.52. The number of fused-ring (bicyclic) bond motifs is 1. The molecule has 5 heteroatoms. The Kier molecular flexibility index (Phi) is 4.04. The van der Waals surface area contributed by atoms with Crippen LogP contribution in [0.4, 0.5) is 0 Å². The minimum atomic E-state index is -0.0653. The van der Waals surface area contributed by atoms with E-state index in [4.69, 9.17) is 11.6 Å². The molecule has 2 heterocycles. The van der Waals surface area contributed by atoms with E-state index in [0.717, 1.165) is 27.7 Å². The summed E-state index contributed by atoms with van der Waals surface area (Å²) in [6.45, 7) is 10.6. The fraction of sp³-hybridized carbons (Fsp3) is 0.368. The number of hydrogen-bond acceptors (Lipinski definition) is 3. The Morgan fingerprint density at radius 1 is 1.12 bits per heavy atom. The van der Waals surface area contributed by atoms with Crippen molar-refractivity contribution in [3.63, 3.8) is 0 Å². The normalized spacial score (nSPS) is 12.3. The highest BCUT2D eigenvalue weighted by Crippen LogP contribution is 2.38. The molecule has 0 amide bonds. The fourth-order valence-electron chi connectivity index (χ4n) is 2.86. The highest BCUT2D eigenvalue weighted by Gasteiger charge is 2.20. The first kappa shape index (κ1) is 16.8. The van der Waals surface area contributed by atoms with Crippen LogP contribution in [0.5, 0.6) is 5.75 Å². The van der Waals surface area contributed by atoms with E-state index < -0.39 is 0 Å². The van der Waals surface area contributed by atoms with Crippen molar-refractivity contribution in [2.24, 2.45) is 0 Å². The first-order valence-corrected chi connectivity index (χ1v) is 8.42. The van der Waals surface area contributed by atoms with Crippen LogP contribution in [0.2, 0.25) is 5.15 Å². The molecule has 0 spiro atoms. The van der Waals surface area contributed by atoms with Crippen LogP contribution in [-0.4, -0.2) is 19.6 Å². The zero-order valence-electron chi connectivity index (χ0n) is 14.6. The first-order chi connectivity index (χ1) is 11.2. The van der Waals surface area contributed by atoms with Gasteiger partial charge in [-0.15, -0.1) is 0 Å². The Morgan fingerprint density at radius 3 is 2.46 bits per heavy atom. The molecular formula is C19H22ClN3O. The molecule has 0 fully saturated rings.